The second-order valence-electron chi connectivity index (χ2n) is 4.15. The van der Waals surface area contributed by atoms with Crippen molar-refractivity contribution in [1.82, 2.24) is 0 Å². The van der Waals surface area contributed by atoms with Crippen LogP contribution in [0, 0.1) is 5.82 Å². The number of rotatable bonds is 4. The molecule has 0 aromatic heterocycles. The first-order valence-corrected chi connectivity index (χ1v) is 7.00. The molecule has 4 nitrogen and oxygen atoms in total. The van der Waals surface area contributed by atoms with Crippen LogP contribution in [0.2, 0.25) is 0 Å². The molecule has 2 aromatic rings. The Morgan fingerprint density at radius 1 is 1.24 bits per heavy atom. The van der Waals surface area contributed by atoms with Gasteiger partial charge in [-0.25, -0.2) is 9.18 Å². The zero-order valence-electron chi connectivity index (χ0n) is 11.2. The van der Waals surface area contributed by atoms with E-state index in [1.807, 2.05) is 0 Å². The third-order valence-electron chi connectivity index (χ3n) is 2.64. The van der Waals surface area contributed by atoms with Crippen molar-refractivity contribution in [2.45, 2.75) is 6.92 Å². The normalized spacial score (nSPS) is 10.2. The van der Waals surface area contributed by atoms with E-state index in [4.69, 9.17) is 15.2 Å². The van der Waals surface area contributed by atoms with Crippen molar-refractivity contribution in [3.05, 3.63) is 52.3 Å². The van der Waals surface area contributed by atoms with E-state index in [2.05, 4.69) is 15.9 Å². The Morgan fingerprint density at radius 3 is 2.71 bits per heavy atom. The molecule has 0 saturated carbocycles. The minimum atomic E-state index is -0.529. The fourth-order valence-corrected chi connectivity index (χ4v) is 1.98. The molecule has 0 aliphatic carbocycles. The van der Waals surface area contributed by atoms with Crippen LogP contribution in [0.25, 0.3) is 0 Å². The number of carbonyl (C=O) groups is 1. The first-order chi connectivity index (χ1) is 10.0. The standard InChI is InChI=1S/C15H13BrFNO3/c1-2-20-15(19)9-3-6-12(18)14(7-9)21-13-8-10(16)4-5-11(13)17/h3-8H,2,18H2,1H3. The summed E-state index contributed by atoms with van der Waals surface area (Å²) in [5.74, 6) is -0.814. The van der Waals surface area contributed by atoms with E-state index in [0.717, 1.165) is 0 Å². The molecule has 2 rings (SSSR count). The number of carbonyl (C=O) groups excluding carboxylic acids is 1. The number of ether oxygens (including phenoxy) is 2. The highest BCUT2D eigenvalue weighted by Crippen LogP contribution is 2.32. The van der Waals surface area contributed by atoms with Crippen LogP contribution in [0.1, 0.15) is 17.3 Å². The van der Waals surface area contributed by atoms with Gasteiger partial charge in [0.25, 0.3) is 0 Å². The number of esters is 1. The van der Waals surface area contributed by atoms with Gasteiger partial charge in [-0.05, 0) is 43.3 Å². The van der Waals surface area contributed by atoms with Crippen LogP contribution >= 0.6 is 15.9 Å². The van der Waals surface area contributed by atoms with Crippen LogP contribution in [-0.4, -0.2) is 12.6 Å². The molecule has 110 valence electrons. The van der Waals surface area contributed by atoms with Gasteiger partial charge in [0, 0.05) is 4.47 Å². The smallest absolute Gasteiger partial charge is 0.338 e. The van der Waals surface area contributed by atoms with Crippen LogP contribution in [-0.2, 0) is 4.74 Å². The number of nitrogens with two attached hydrogens (primary N) is 1. The van der Waals surface area contributed by atoms with Crippen LogP contribution in [0.5, 0.6) is 11.5 Å². The zero-order chi connectivity index (χ0) is 15.4. The third kappa shape index (κ3) is 3.72. The van der Waals surface area contributed by atoms with Gasteiger partial charge < -0.3 is 15.2 Å². The Labute approximate surface area is 129 Å². The first-order valence-electron chi connectivity index (χ1n) is 6.20. The highest BCUT2D eigenvalue weighted by atomic mass is 79.9. The second kappa shape index (κ2) is 6.58. The van der Waals surface area contributed by atoms with Crippen LogP contribution in [0.3, 0.4) is 0 Å². The molecule has 0 saturated heterocycles. The SMILES string of the molecule is CCOC(=O)c1ccc(N)c(Oc2cc(Br)ccc2F)c1. The lowest BCUT2D eigenvalue weighted by atomic mass is 10.2. The molecule has 0 aliphatic rings. The van der Waals surface area contributed by atoms with E-state index >= 15 is 0 Å². The average molecular weight is 354 g/mol. The van der Waals surface area contributed by atoms with Gasteiger partial charge in [0.15, 0.2) is 17.3 Å². The van der Waals surface area contributed by atoms with Crippen molar-refractivity contribution in [1.29, 1.82) is 0 Å². The van der Waals surface area contributed by atoms with Gasteiger partial charge in [0.05, 0.1) is 17.9 Å². The molecule has 2 aromatic carbocycles. The molecule has 0 radical (unpaired) electrons. The summed E-state index contributed by atoms with van der Waals surface area (Å²) in [4.78, 5) is 11.7. The minimum Gasteiger partial charge on any atom is -0.462 e. The molecule has 21 heavy (non-hydrogen) atoms. The number of hydrogen-bond donors (Lipinski definition) is 1. The molecule has 0 unspecified atom stereocenters. The molecule has 0 atom stereocenters. The Kier molecular flexibility index (Phi) is 4.80. The van der Waals surface area contributed by atoms with E-state index in [1.54, 1.807) is 13.0 Å². The fourth-order valence-electron chi connectivity index (χ4n) is 1.64. The van der Waals surface area contributed by atoms with Gasteiger partial charge in [-0.2, -0.15) is 0 Å². The fraction of sp³-hybridized carbons (Fsp3) is 0.133. The highest BCUT2D eigenvalue weighted by molar-refractivity contribution is 9.10. The predicted octanol–water partition coefficient (Wildman–Crippen LogP) is 4.14. The molecule has 0 spiro atoms. The average Bonchev–Trinajstić information content (AvgIpc) is 2.45. The largest absolute Gasteiger partial charge is 0.462 e. The zero-order valence-corrected chi connectivity index (χ0v) is 12.8. The highest BCUT2D eigenvalue weighted by Gasteiger charge is 2.12. The summed E-state index contributed by atoms with van der Waals surface area (Å²) in [7, 11) is 0. The van der Waals surface area contributed by atoms with Gasteiger partial charge in [0.2, 0.25) is 0 Å². The summed E-state index contributed by atoms with van der Waals surface area (Å²) >= 11 is 3.23. The van der Waals surface area contributed by atoms with E-state index in [-0.39, 0.29) is 23.7 Å². The van der Waals surface area contributed by atoms with Crippen molar-refractivity contribution in [3.8, 4) is 11.5 Å². The molecular weight excluding hydrogens is 341 g/mol. The van der Waals surface area contributed by atoms with E-state index in [1.165, 1.54) is 30.3 Å². The van der Waals surface area contributed by atoms with Gasteiger partial charge in [-0.3, -0.25) is 0 Å². The van der Waals surface area contributed by atoms with Gasteiger partial charge >= 0.3 is 5.97 Å². The summed E-state index contributed by atoms with van der Waals surface area (Å²) < 4.78 is 24.7. The van der Waals surface area contributed by atoms with Gasteiger partial charge in [-0.15, -0.1) is 0 Å². The topological polar surface area (TPSA) is 61.5 Å². The molecule has 0 aliphatic heterocycles. The molecule has 2 N–H and O–H groups in total. The Bertz CT molecular complexity index is 676. The number of hydrogen-bond acceptors (Lipinski definition) is 4. The Hall–Kier alpha value is -2.08. The molecule has 0 amide bonds. The third-order valence-corrected chi connectivity index (χ3v) is 3.13. The first kappa shape index (κ1) is 15.3. The van der Waals surface area contributed by atoms with E-state index < -0.39 is 11.8 Å². The van der Waals surface area contributed by atoms with Gasteiger partial charge in [-0.1, -0.05) is 15.9 Å². The van der Waals surface area contributed by atoms with Crippen LogP contribution < -0.4 is 10.5 Å². The lowest BCUT2D eigenvalue weighted by molar-refractivity contribution is 0.0526. The molecule has 0 fully saturated rings. The summed E-state index contributed by atoms with van der Waals surface area (Å²) in [6.07, 6.45) is 0. The maximum Gasteiger partial charge on any atom is 0.338 e. The predicted molar refractivity (Wildman–Crippen MR) is 81.0 cm³/mol. The Balaban J connectivity index is 2.33. The van der Waals surface area contributed by atoms with Crippen molar-refractivity contribution in [3.63, 3.8) is 0 Å². The second-order valence-corrected chi connectivity index (χ2v) is 5.07. The van der Waals surface area contributed by atoms with E-state index in [9.17, 15) is 9.18 Å². The number of halogens is 2. The van der Waals surface area contributed by atoms with Crippen molar-refractivity contribution >= 4 is 27.6 Å². The summed E-state index contributed by atoms with van der Waals surface area (Å²) in [6.45, 7) is 1.98. The van der Waals surface area contributed by atoms with Gasteiger partial charge in [0.1, 0.15) is 0 Å². The van der Waals surface area contributed by atoms with Crippen molar-refractivity contribution in [2.75, 3.05) is 12.3 Å². The molecule has 6 heteroatoms. The van der Waals surface area contributed by atoms with Crippen molar-refractivity contribution < 1.29 is 18.7 Å². The summed E-state index contributed by atoms with van der Waals surface area (Å²) in [5.41, 5.74) is 6.37. The quantitative estimate of drug-likeness (QED) is 0.662. The minimum absolute atomic E-state index is 0.0112. The lowest BCUT2D eigenvalue weighted by Crippen LogP contribution is -2.05. The maximum absolute atomic E-state index is 13.7. The summed E-state index contributed by atoms with van der Waals surface area (Å²) in [5, 5.41) is 0. The number of benzene rings is 2. The summed E-state index contributed by atoms with van der Waals surface area (Å²) in [6, 6.07) is 8.76. The Morgan fingerprint density at radius 2 is 2.00 bits per heavy atom. The monoisotopic (exact) mass is 353 g/mol. The van der Waals surface area contributed by atoms with Crippen molar-refractivity contribution in [2.24, 2.45) is 0 Å². The van der Waals surface area contributed by atoms with Crippen LogP contribution in [0.15, 0.2) is 40.9 Å². The molecule has 0 heterocycles. The van der Waals surface area contributed by atoms with Crippen LogP contribution in [0.4, 0.5) is 10.1 Å². The number of nitrogen functional groups attached to an aromatic ring is 1. The number of anilines is 1. The maximum atomic E-state index is 13.7. The lowest BCUT2D eigenvalue weighted by Gasteiger charge is -2.11. The molecular formula is C15H13BrFNO3. The molecule has 0 bridgehead atoms. The van der Waals surface area contributed by atoms with E-state index in [0.29, 0.717) is 10.2 Å².